The zero-order chi connectivity index (χ0) is 29.7. The van der Waals surface area contributed by atoms with Crippen molar-refractivity contribution in [2.75, 3.05) is 18.9 Å². The molecule has 1 fully saturated rings. The summed E-state index contributed by atoms with van der Waals surface area (Å²) in [6.45, 7) is -1.39. The number of aliphatic hydroxyl groups is 4. The van der Waals surface area contributed by atoms with Gasteiger partial charge in [-0.3, -0.25) is 9.59 Å². The van der Waals surface area contributed by atoms with E-state index >= 15 is 0 Å². The van der Waals surface area contributed by atoms with Crippen LogP contribution in [0.5, 0.6) is 5.75 Å². The maximum Gasteiger partial charge on any atom is 0.346 e. The van der Waals surface area contributed by atoms with Gasteiger partial charge in [0.1, 0.15) is 24.6 Å². The Morgan fingerprint density at radius 1 is 1.18 bits per heavy atom. The van der Waals surface area contributed by atoms with Crippen molar-refractivity contribution in [2.24, 2.45) is 0 Å². The number of carbonyl (C=O) groups excluding carboxylic acids is 2. The van der Waals surface area contributed by atoms with Crippen LogP contribution in [-0.2, 0) is 25.5 Å². The van der Waals surface area contributed by atoms with Crippen LogP contribution in [0.4, 0.5) is 0 Å². The summed E-state index contributed by atoms with van der Waals surface area (Å²) in [6, 6.07) is 4.68. The van der Waals surface area contributed by atoms with E-state index in [4.69, 9.17) is 16.3 Å². The maximum atomic E-state index is 12.3. The van der Waals surface area contributed by atoms with Crippen LogP contribution in [0, 0.1) is 12.3 Å². The molecule has 0 saturated carbocycles. The van der Waals surface area contributed by atoms with Gasteiger partial charge in [-0.1, -0.05) is 25.0 Å². The highest BCUT2D eigenvalue weighted by Gasteiger charge is 2.55. The van der Waals surface area contributed by atoms with Gasteiger partial charge in [0.2, 0.25) is 16.7 Å². The molecule has 0 aromatic heterocycles. The van der Waals surface area contributed by atoms with Gasteiger partial charge < -0.3 is 46.0 Å². The molecule has 12 nitrogen and oxygen atoms in total. The molecule has 1 aliphatic rings. The molecule has 1 aliphatic heterocycles. The third-order valence-electron chi connectivity index (χ3n) is 6.44. The molecule has 2 amide bonds. The van der Waals surface area contributed by atoms with Gasteiger partial charge in [0.15, 0.2) is 0 Å². The summed E-state index contributed by atoms with van der Waals surface area (Å²) >= 11 is 0.934. The number of thioether (sulfide) groups is 1. The molecule has 40 heavy (non-hydrogen) atoms. The molecule has 0 spiro atoms. The lowest BCUT2D eigenvalue weighted by atomic mass is 9.89. The lowest BCUT2D eigenvalue weighted by Gasteiger charge is -2.46. The molecule has 8 N–H and O–H groups in total. The predicted molar refractivity (Wildman–Crippen MR) is 146 cm³/mol. The summed E-state index contributed by atoms with van der Waals surface area (Å²) < 4.78 is 5.84. The smallest absolute Gasteiger partial charge is 0.346 e. The molecule has 0 bridgehead atoms. The van der Waals surface area contributed by atoms with Crippen LogP contribution >= 0.6 is 11.8 Å². The van der Waals surface area contributed by atoms with Gasteiger partial charge >= 0.3 is 5.97 Å². The number of carbonyl (C=O) groups is 3. The fourth-order valence-electron chi connectivity index (χ4n) is 4.34. The molecule has 0 aliphatic carbocycles. The van der Waals surface area contributed by atoms with Crippen molar-refractivity contribution in [3.05, 3.63) is 29.8 Å². The minimum atomic E-state index is -1.98. The molecule has 222 valence electrons. The second-order valence-electron chi connectivity index (χ2n) is 9.59. The Labute approximate surface area is 237 Å². The number of aliphatic carboxylic acids is 1. The number of benzene rings is 1. The maximum absolute atomic E-state index is 12.3. The Hall–Kier alpha value is -2.86. The number of nitrogens with one attached hydrogen (secondary N) is 2. The van der Waals surface area contributed by atoms with Crippen LogP contribution < -0.4 is 10.6 Å². The zero-order valence-electron chi connectivity index (χ0n) is 22.1. The van der Waals surface area contributed by atoms with Crippen molar-refractivity contribution in [2.45, 2.75) is 80.3 Å². The Bertz CT molecular complexity index is 1030. The van der Waals surface area contributed by atoms with Crippen LogP contribution in [-0.4, -0.2) is 103 Å². The van der Waals surface area contributed by atoms with Crippen molar-refractivity contribution in [3.63, 3.8) is 0 Å². The first kappa shape index (κ1) is 33.3. The van der Waals surface area contributed by atoms with Crippen LogP contribution in [0.25, 0.3) is 0 Å². The number of phenols is 1. The standard InChI is InChI=1S/C27H38N2O10S/c1-2-3-4-5-6-7-11-40-27(26(37)38)14-19(32)23(29-22(35)16-30)25(39-27)24(36)20(33)15-28-21(34)13-17-9-8-10-18(31)12-17/h1,8-10,12,19-20,23-25,30-33,36H,3-7,11,13-16H2,(H,28,34)(H,29,35)(H,37,38)/t19-,20+,23+,24+,25+,27-/m0/s1. The van der Waals surface area contributed by atoms with Gasteiger partial charge in [-0.15, -0.1) is 24.1 Å². The number of amides is 2. The van der Waals surface area contributed by atoms with Gasteiger partial charge in [0, 0.05) is 19.4 Å². The number of rotatable bonds is 16. The van der Waals surface area contributed by atoms with E-state index in [2.05, 4.69) is 16.6 Å². The molecular weight excluding hydrogens is 544 g/mol. The Morgan fingerprint density at radius 2 is 1.90 bits per heavy atom. The number of carboxylic acid groups (broad SMARTS) is 1. The number of ether oxygens (including phenoxy) is 1. The molecule has 1 aromatic rings. The number of hydrogen-bond acceptors (Lipinski definition) is 10. The number of aliphatic hydroxyl groups excluding tert-OH is 4. The van der Waals surface area contributed by atoms with Crippen LogP contribution in [0.15, 0.2) is 24.3 Å². The number of terminal acetylenes is 1. The minimum absolute atomic E-state index is 0.0200. The number of unbranched alkanes of at least 4 members (excludes halogenated alkanes) is 4. The van der Waals surface area contributed by atoms with E-state index in [1.54, 1.807) is 12.1 Å². The van der Waals surface area contributed by atoms with E-state index in [9.17, 15) is 39.9 Å². The molecule has 1 heterocycles. The summed E-state index contributed by atoms with van der Waals surface area (Å²) in [6.07, 6.45) is 1.89. The van der Waals surface area contributed by atoms with E-state index in [-0.39, 0.29) is 12.2 Å². The largest absolute Gasteiger partial charge is 0.508 e. The van der Waals surface area contributed by atoms with Gasteiger partial charge in [-0.05, 0) is 36.3 Å². The highest BCUT2D eigenvalue weighted by molar-refractivity contribution is 8.01. The SMILES string of the molecule is C#CCCCCCCS[C@]1(C(=O)O)C[C@H](O)[C@@H](NC(=O)CO)[C@H]([C@H](O)[C@H](O)CNC(=O)Cc2cccc(O)c2)O1. The van der Waals surface area contributed by atoms with E-state index < -0.39 is 72.7 Å². The van der Waals surface area contributed by atoms with Crippen molar-refractivity contribution in [3.8, 4) is 18.1 Å². The van der Waals surface area contributed by atoms with Gasteiger partial charge in [-0.2, -0.15) is 0 Å². The fraction of sp³-hybridized carbons (Fsp3) is 0.593. The first-order chi connectivity index (χ1) is 19.0. The highest BCUT2D eigenvalue weighted by atomic mass is 32.2. The number of hydrogen-bond donors (Lipinski definition) is 8. The summed E-state index contributed by atoms with van der Waals surface area (Å²) in [5.74, 6) is 0.0714. The van der Waals surface area contributed by atoms with E-state index in [1.807, 2.05) is 0 Å². The van der Waals surface area contributed by atoms with Crippen LogP contribution in [0.2, 0.25) is 0 Å². The van der Waals surface area contributed by atoms with E-state index in [1.165, 1.54) is 12.1 Å². The van der Waals surface area contributed by atoms with Crippen molar-refractivity contribution < 1.29 is 49.8 Å². The van der Waals surface area contributed by atoms with Gasteiger partial charge in [-0.25, -0.2) is 4.79 Å². The van der Waals surface area contributed by atoms with Gasteiger partial charge in [0.05, 0.1) is 24.7 Å². The van der Waals surface area contributed by atoms with Crippen LogP contribution in [0.3, 0.4) is 0 Å². The lowest BCUT2D eigenvalue weighted by Crippen LogP contribution is -2.67. The Kier molecular flexibility index (Phi) is 13.7. The quantitative estimate of drug-likeness (QED) is 0.0921. The Morgan fingerprint density at radius 3 is 2.55 bits per heavy atom. The average molecular weight is 583 g/mol. The molecule has 1 saturated heterocycles. The third kappa shape index (κ3) is 9.96. The summed E-state index contributed by atoms with van der Waals surface area (Å²) in [7, 11) is 0. The third-order valence-corrected chi connectivity index (χ3v) is 7.83. The fourth-order valence-corrected chi connectivity index (χ4v) is 5.61. The zero-order valence-corrected chi connectivity index (χ0v) is 22.9. The molecule has 13 heteroatoms. The molecule has 2 rings (SSSR count). The first-order valence-corrected chi connectivity index (χ1v) is 14.0. The second kappa shape index (κ2) is 16.4. The normalized spacial score (nSPS) is 23.9. The molecule has 6 atom stereocenters. The molecule has 1 aromatic carbocycles. The van der Waals surface area contributed by atoms with Gasteiger partial charge in [0.25, 0.3) is 0 Å². The van der Waals surface area contributed by atoms with Crippen LogP contribution in [0.1, 0.15) is 44.1 Å². The summed E-state index contributed by atoms with van der Waals surface area (Å²) in [5.41, 5.74) is 0.511. The molecule has 0 radical (unpaired) electrons. The second-order valence-corrected chi connectivity index (χ2v) is 10.9. The van der Waals surface area contributed by atoms with Crippen molar-refractivity contribution in [1.29, 1.82) is 0 Å². The van der Waals surface area contributed by atoms with Crippen molar-refractivity contribution >= 4 is 29.5 Å². The summed E-state index contributed by atoms with van der Waals surface area (Å²) in [5, 5.41) is 66.0. The highest BCUT2D eigenvalue weighted by Crippen LogP contribution is 2.41. The van der Waals surface area contributed by atoms with E-state index in [0.29, 0.717) is 24.2 Å². The molecular formula is C27H38N2O10S. The monoisotopic (exact) mass is 582 g/mol. The topological polar surface area (TPSA) is 206 Å². The van der Waals surface area contributed by atoms with Crippen molar-refractivity contribution in [1.82, 2.24) is 10.6 Å². The lowest BCUT2D eigenvalue weighted by molar-refractivity contribution is -0.203. The number of carboxylic acids is 1. The average Bonchev–Trinajstić information content (AvgIpc) is 2.91. The number of aromatic hydroxyl groups is 1. The first-order valence-electron chi connectivity index (χ1n) is 13.0. The molecule has 0 unspecified atom stereocenters. The van der Waals surface area contributed by atoms with E-state index in [0.717, 1.165) is 31.0 Å². The number of phenolic OH excluding ortho intramolecular Hbond substituents is 1. The minimum Gasteiger partial charge on any atom is -0.508 e. The summed E-state index contributed by atoms with van der Waals surface area (Å²) in [4.78, 5) is 34.6. The predicted octanol–water partition coefficient (Wildman–Crippen LogP) is -0.503. The Balaban J connectivity index is 2.11.